The van der Waals surface area contributed by atoms with Crippen molar-refractivity contribution in [1.29, 1.82) is 0 Å². The van der Waals surface area contributed by atoms with Crippen LogP contribution in [0.15, 0.2) is 50.5 Å². The Labute approximate surface area is 128 Å². The lowest BCUT2D eigenvalue weighted by Crippen LogP contribution is -2.06. The Hall–Kier alpha value is -0.920. The predicted octanol–water partition coefficient (Wildman–Crippen LogP) is 3.16. The molecule has 0 bridgehead atoms. The molecule has 0 aliphatic heterocycles. The van der Waals surface area contributed by atoms with Crippen LogP contribution < -0.4 is 5.73 Å². The summed E-state index contributed by atoms with van der Waals surface area (Å²) in [6, 6.07) is 6.37. The van der Waals surface area contributed by atoms with Crippen LogP contribution >= 0.6 is 31.9 Å². The van der Waals surface area contributed by atoms with Gasteiger partial charge in [0.15, 0.2) is 9.84 Å². The molecule has 1 aromatic carbocycles. The van der Waals surface area contributed by atoms with E-state index >= 15 is 0 Å². The molecule has 1 aromatic heterocycles. The number of nitrogens with zero attached hydrogens (tertiary/aromatic N) is 1. The molecule has 0 radical (unpaired) electrons. The van der Waals surface area contributed by atoms with Gasteiger partial charge in [-0.2, -0.15) is 0 Å². The molecule has 0 spiro atoms. The molecule has 0 amide bonds. The third-order valence-electron chi connectivity index (χ3n) is 2.41. The van der Waals surface area contributed by atoms with Crippen LogP contribution in [0.25, 0.3) is 0 Å². The lowest BCUT2D eigenvalue weighted by atomic mass is 10.3. The maximum absolute atomic E-state index is 12.3. The molecule has 0 saturated heterocycles. The molecule has 0 fully saturated rings. The summed E-state index contributed by atoms with van der Waals surface area (Å²) in [5, 5.41) is 0. The summed E-state index contributed by atoms with van der Waals surface area (Å²) >= 11 is 6.49. The largest absolute Gasteiger partial charge is 0.399 e. The zero-order valence-corrected chi connectivity index (χ0v) is 13.7. The van der Waals surface area contributed by atoms with Gasteiger partial charge in [-0.25, -0.2) is 8.42 Å². The van der Waals surface area contributed by atoms with Crippen molar-refractivity contribution < 1.29 is 8.42 Å². The average molecular weight is 406 g/mol. The monoisotopic (exact) mass is 404 g/mol. The van der Waals surface area contributed by atoms with Gasteiger partial charge in [-0.3, -0.25) is 4.98 Å². The standard InChI is InChI=1S/C12H10Br2N2O2S/c13-9-3-8(5-16-6-9)7-19(17,18)12-2-1-10(15)4-11(12)14/h1-6H,7,15H2. The number of hydrogen-bond donors (Lipinski definition) is 1. The van der Waals surface area contributed by atoms with E-state index in [9.17, 15) is 8.42 Å². The van der Waals surface area contributed by atoms with E-state index in [2.05, 4.69) is 36.8 Å². The second-order valence-electron chi connectivity index (χ2n) is 3.96. The van der Waals surface area contributed by atoms with Crippen LogP contribution in [-0.2, 0) is 15.6 Å². The lowest BCUT2D eigenvalue weighted by Gasteiger charge is -2.07. The van der Waals surface area contributed by atoms with Crippen molar-refractivity contribution in [2.45, 2.75) is 10.6 Å². The summed E-state index contributed by atoms with van der Waals surface area (Å²) in [5.41, 5.74) is 6.73. The third-order valence-corrected chi connectivity index (χ3v) is 5.50. The summed E-state index contributed by atoms with van der Waals surface area (Å²) in [4.78, 5) is 4.18. The van der Waals surface area contributed by atoms with Gasteiger partial charge in [-0.05, 0) is 61.7 Å². The Balaban J connectivity index is 2.38. The number of nitrogens with two attached hydrogens (primary N) is 1. The van der Waals surface area contributed by atoms with E-state index < -0.39 is 9.84 Å². The lowest BCUT2D eigenvalue weighted by molar-refractivity contribution is 0.594. The Bertz CT molecular complexity index is 717. The van der Waals surface area contributed by atoms with E-state index in [1.807, 2.05) is 0 Å². The minimum Gasteiger partial charge on any atom is -0.399 e. The highest BCUT2D eigenvalue weighted by Gasteiger charge is 2.19. The van der Waals surface area contributed by atoms with Crippen LogP contribution in [0.5, 0.6) is 0 Å². The van der Waals surface area contributed by atoms with Gasteiger partial charge in [-0.15, -0.1) is 0 Å². The smallest absolute Gasteiger partial charge is 0.183 e. The fraction of sp³-hybridized carbons (Fsp3) is 0.0833. The van der Waals surface area contributed by atoms with Gasteiger partial charge in [0.1, 0.15) is 0 Å². The molecule has 0 unspecified atom stereocenters. The molecule has 0 saturated carbocycles. The van der Waals surface area contributed by atoms with E-state index in [1.54, 1.807) is 24.4 Å². The van der Waals surface area contributed by atoms with Crippen molar-refractivity contribution in [2.24, 2.45) is 0 Å². The highest BCUT2D eigenvalue weighted by molar-refractivity contribution is 9.10. The molecule has 2 aromatic rings. The number of pyridine rings is 1. The first-order valence-electron chi connectivity index (χ1n) is 5.26. The normalized spacial score (nSPS) is 11.5. The van der Waals surface area contributed by atoms with E-state index in [-0.39, 0.29) is 10.6 Å². The van der Waals surface area contributed by atoms with Gasteiger partial charge < -0.3 is 5.73 Å². The fourth-order valence-corrected chi connectivity index (χ4v) is 4.53. The molecule has 19 heavy (non-hydrogen) atoms. The number of halogens is 2. The Morgan fingerprint density at radius 2 is 1.89 bits per heavy atom. The maximum Gasteiger partial charge on any atom is 0.183 e. The van der Waals surface area contributed by atoms with Gasteiger partial charge in [-0.1, -0.05) is 0 Å². The van der Waals surface area contributed by atoms with Gasteiger partial charge in [0.05, 0.1) is 10.6 Å². The highest BCUT2D eigenvalue weighted by Crippen LogP contribution is 2.27. The Morgan fingerprint density at radius 1 is 1.16 bits per heavy atom. The van der Waals surface area contributed by atoms with E-state index in [4.69, 9.17) is 5.73 Å². The van der Waals surface area contributed by atoms with Gasteiger partial charge in [0, 0.05) is 27.0 Å². The number of nitrogen functional groups attached to an aromatic ring is 1. The van der Waals surface area contributed by atoms with Crippen LogP contribution in [0, 0.1) is 0 Å². The van der Waals surface area contributed by atoms with Crippen molar-refractivity contribution in [3.63, 3.8) is 0 Å². The molecular formula is C12H10Br2N2O2S. The maximum atomic E-state index is 12.3. The van der Waals surface area contributed by atoms with Crippen LogP contribution in [-0.4, -0.2) is 13.4 Å². The second-order valence-corrected chi connectivity index (χ2v) is 7.69. The molecule has 0 atom stereocenters. The fourth-order valence-electron chi connectivity index (χ4n) is 1.60. The zero-order chi connectivity index (χ0) is 14.0. The molecule has 0 aliphatic rings. The highest BCUT2D eigenvalue weighted by atomic mass is 79.9. The summed E-state index contributed by atoms with van der Waals surface area (Å²) in [5.74, 6) is -0.109. The first-order chi connectivity index (χ1) is 8.88. The number of benzene rings is 1. The van der Waals surface area contributed by atoms with Crippen molar-refractivity contribution >= 4 is 47.4 Å². The van der Waals surface area contributed by atoms with Crippen molar-refractivity contribution in [1.82, 2.24) is 4.98 Å². The van der Waals surface area contributed by atoms with E-state index in [0.29, 0.717) is 15.7 Å². The summed E-state index contributed by atoms with van der Waals surface area (Å²) in [6.07, 6.45) is 3.14. The first-order valence-corrected chi connectivity index (χ1v) is 8.49. The molecule has 1 heterocycles. The van der Waals surface area contributed by atoms with Gasteiger partial charge in [0.25, 0.3) is 0 Å². The topological polar surface area (TPSA) is 73.1 Å². The summed E-state index contributed by atoms with van der Waals surface area (Å²) in [6.45, 7) is 0. The average Bonchev–Trinajstić information content (AvgIpc) is 2.27. The van der Waals surface area contributed by atoms with E-state index in [1.165, 1.54) is 12.3 Å². The predicted molar refractivity (Wildman–Crippen MR) is 81.4 cm³/mol. The number of aromatic nitrogens is 1. The van der Waals surface area contributed by atoms with Crippen molar-refractivity contribution in [2.75, 3.05) is 5.73 Å². The quantitative estimate of drug-likeness (QED) is 0.796. The summed E-state index contributed by atoms with van der Waals surface area (Å²) in [7, 11) is -3.44. The summed E-state index contributed by atoms with van der Waals surface area (Å²) < 4.78 is 25.9. The van der Waals surface area contributed by atoms with Gasteiger partial charge in [0.2, 0.25) is 0 Å². The van der Waals surface area contributed by atoms with E-state index in [0.717, 1.165) is 4.47 Å². The minimum atomic E-state index is -3.44. The SMILES string of the molecule is Nc1ccc(S(=O)(=O)Cc2cncc(Br)c2)c(Br)c1. The third kappa shape index (κ3) is 3.55. The van der Waals surface area contributed by atoms with Crippen molar-refractivity contribution in [3.05, 3.63) is 51.2 Å². The first kappa shape index (κ1) is 14.5. The molecule has 2 rings (SSSR count). The van der Waals surface area contributed by atoms with Crippen LogP contribution in [0.2, 0.25) is 0 Å². The minimum absolute atomic E-state index is 0.109. The molecule has 2 N–H and O–H groups in total. The number of rotatable bonds is 3. The Kier molecular flexibility index (Phi) is 4.27. The molecular weight excluding hydrogens is 396 g/mol. The van der Waals surface area contributed by atoms with Crippen LogP contribution in [0.1, 0.15) is 5.56 Å². The Morgan fingerprint density at radius 3 is 2.53 bits per heavy atom. The molecule has 100 valence electrons. The molecule has 7 heteroatoms. The number of hydrogen-bond acceptors (Lipinski definition) is 4. The second kappa shape index (κ2) is 5.60. The number of sulfone groups is 1. The van der Waals surface area contributed by atoms with Gasteiger partial charge >= 0.3 is 0 Å². The van der Waals surface area contributed by atoms with Crippen molar-refractivity contribution in [3.8, 4) is 0 Å². The van der Waals surface area contributed by atoms with Crippen LogP contribution in [0.3, 0.4) is 0 Å². The van der Waals surface area contributed by atoms with Crippen LogP contribution in [0.4, 0.5) is 5.69 Å². The zero-order valence-electron chi connectivity index (χ0n) is 9.68. The molecule has 4 nitrogen and oxygen atoms in total. The molecule has 0 aliphatic carbocycles. The number of anilines is 1.